The molecule has 3 heteroatoms. The molecule has 2 aromatic rings. The zero-order valence-corrected chi connectivity index (χ0v) is 13.8. The van der Waals surface area contributed by atoms with Gasteiger partial charge in [-0.05, 0) is 34.4 Å². The quantitative estimate of drug-likeness (QED) is 0.831. The molecule has 20 heavy (non-hydrogen) atoms. The zero-order chi connectivity index (χ0) is 14.8. The van der Waals surface area contributed by atoms with Crippen molar-refractivity contribution < 1.29 is 0 Å². The number of rotatable bonds is 4. The third kappa shape index (κ3) is 3.60. The lowest BCUT2D eigenvalue weighted by atomic mass is 9.88. The van der Waals surface area contributed by atoms with Crippen LogP contribution in [0.25, 0.3) is 0 Å². The number of thiophene rings is 1. The van der Waals surface area contributed by atoms with Crippen LogP contribution in [0.15, 0.2) is 35.8 Å². The van der Waals surface area contributed by atoms with Crippen molar-refractivity contribution >= 4 is 17.2 Å². The molecule has 0 saturated carbocycles. The van der Waals surface area contributed by atoms with E-state index < -0.39 is 0 Å². The summed E-state index contributed by atoms with van der Waals surface area (Å²) in [5, 5.41) is 5.69. The van der Waals surface area contributed by atoms with Gasteiger partial charge in [-0.25, -0.2) is 4.98 Å². The highest BCUT2D eigenvalue weighted by Crippen LogP contribution is 2.29. The van der Waals surface area contributed by atoms with Crippen LogP contribution in [0.5, 0.6) is 0 Å². The number of pyridine rings is 1. The molecule has 1 N–H and O–H groups in total. The van der Waals surface area contributed by atoms with E-state index in [1.165, 1.54) is 10.4 Å². The summed E-state index contributed by atoms with van der Waals surface area (Å²) < 4.78 is 0. The van der Waals surface area contributed by atoms with Gasteiger partial charge in [-0.2, -0.15) is 0 Å². The molecule has 2 nitrogen and oxygen atoms in total. The smallest absolute Gasteiger partial charge is 0.126 e. The Bertz CT molecular complexity index is 521. The Kier molecular flexibility index (Phi) is 4.48. The second-order valence-electron chi connectivity index (χ2n) is 6.56. The minimum absolute atomic E-state index is 0.150. The Morgan fingerprint density at radius 1 is 1.15 bits per heavy atom. The molecule has 0 radical (unpaired) electrons. The van der Waals surface area contributed by atoms with Crippen molar-refractivity contribution in [2.24, 2.45) is 5.92 Å². The molecular formula is C17H24N2S. The third-order valence-corrected chi connectivity index (χ3v) is 4.40. The highest BCUT2D eigenvalue weighted by atomic mass is 32.1. The molecule has 0 bridgehead atoms. The molecule has 0 fully saturated rings. The highest BCUT2D eigenvalue weighted by molar-refractivity contribution is 7.10. The topological polar surface area (TPSA) is 24.9 Å². The van der Waals surface area contributed by atoms with E-state index in [2.05, 4.69) is 74.6 Å². The maximum atomic E-state index is 4.57. The van der Waals surface area contributed by atoms with Crippen LogP contribution >= 0.6 is 11.3 Å². The van der Waals surface area contributed by atoms with Crippen LogP contribution in [-0.2, 0) is 5.41 Å². The number of aromatic nitrogens is 1. The van der Waals surface area contributed by atoms with Crippen molar-refractivity contribution in [1.29, 1.82) is 0 Å². The molecule has 0 aromatic carbocycles. The number of hydrogen-bond donors (Lipinski definition) is 1. The van der Waals surface area contributed by atoms with Crippen LogP contribution in [0.4, 0.5) is 5.82 Å². The van der Waals surface area contributed by atoms with Crippen molar-refractivity contribution in [2.75, 3.05) is 5.32 Å². The van der Waals surface area contributed by atoms with Crippen LogP contribution in [0.2, 0.25) is 0 Å². The highest BCUT2D eigenvalue weighted by Gasteiger charge is 2.18. The number of hydrogen-bond acceptors (Lipinski definition) is 3. The van der Waals surface area contributed by atoms with E-state index in [4.69, 9.17) is 0 Å². The van der Waals surface area contributed by atoms with E-state index in [0.29, 0.717) is 12.0 Å². The predicted octanol–water partition coefficient (Wildman–Crippen LogP) is 5.25. The van der Waals surface area contributed by atoms with Crippen molar-refractivity contribution in [3.8, 4) is 0 Å². The average molecular weight is 288 g/mol. The third-order valence-electron chi connectivity index (χ3n) is 3.45. The first-order chi connectivity index (χ1) is 9.38. The predicted molar refractivity (Wildman–Crippen MR) is 88.5 cm³/mol. The summed E-state index contributed by atoms with van der Waals surface area (Å²) in [6.45, 7) is 11.1. The minimum Gasteiger partial charge on any atom is -0.362 e. The maximum absolute atomic E-state index is 4.57. The standard InChI is InChI=1S/C17H24N2S/c1-12(2)16(14-7-6-10-20-14)19-15-9-8-13(11-18-15)17(3,4)5/h6-12,16H,1-5H3,(H,18,19). The molecule has 0 aliphatic carbocycles. The summed E-state index contributed by atoms with van der Waals surface area (Å²) in [6.07, 6.45) is 1.98. The summed E-state index contributed by atoms with van der Waals surface area (Å²) in [5.74, 6) is 1.47. The SMILES string of the molecule is CC(C)C(Nc1ccc(C(C)(C)C)cn1)c1cccs1. The van der Waals surface area contributed by atoms with Gasteiger partial charge in [0.25, 0.3) is 0 Å². The molecule has 0 aliphatic heterocycles. The van der Waals surface area contributed by atoms with E-state index in [-0.39, 0.29) is 5.41 Å². The van der Waals surface area contributed by atoms with Gasteiger partial charge in [0.05, 0.1) is 6.04 Å². The summed E-state index contributed by atoms with van der Waals surface area (Å²) >= 11 is 1.80. The lowest BCUT2D eigenvalue weighted by molar-refractivity contribution is 0.551. The lowest BCUT2D eigenvalue weighted by Crippen LogP contribution is -2.17. The van der Waals surface area contributed by atoms with Gasteiger partial charge in [0.15, 0.2) is 0 Å². The Labute approximate surface area is 126 Å². The zero-order valence-electron chi connectivity index (χ0n) is 13.0. The van der Waals surface area contributed by atoms with Crippen LogP contribution in [-0.4, -0.2) is 4.98 Å². The molecule has 2 rings (SSSR count). The summed E-state index contributed by atoms with van der Waals surface area (Å²) in [4.78, 5) is 5.93. The number of nitrogens with zero attached hydrogens (tertiary/aromatic N) is 1. The average Bonchev–Trinajstić information content (AvgIpc) is 2.88. The van der Waals surface area contributed by atoms with Crippen LogP contribution in [0.3, 0.4) is 0 Å². The van der Waals surface area contributed by atoms with Crippen LogP contribution in [0, 0.1) is 5.92 Å². The fourth-order valence-electron chi connectivity index (χ4n) is 2.12. The monoisotopic (exact) mass is 288 g/mol. The lowest BCUT2D eigenvalue weighted by Gasteiger charge is -2.23. The molecule has 0 spiro atoms. The fourth-order valence-corrected chi connectivity index (χ4v) is 3.07. The first-order valence-electron chi connectivity index (χ1n) is 7.14. The van der Waals surface area contributed by atoms with E-state index in [1.807, 2.05) is 6.20 Å². The Morgan fingerprint density at radius 3 is 2.35 bits per heavy atom. The van der Waals surface area contributed by atoms with Crippen molar-refractivity contribution in [3.05, 3.63) is 46.3 Å². The molecule has 0 saturated heterocycles. The second kappa shape index (κ2) is 5.96. The van der Waals surface area contributed by atoms with Crippen molar-refractivity contribution in [2.45, 2.75) is 46.1 Å². The minimum atomic E-state index is 0.150. The van der Waals surface area contributed by atoms with Crippen molar-refractivity contribution in [1.82, 2.24) is 4.98 Å². The van der Waals surface area contributed by atoms with Gasteiger partial charge in [-0.15, -0.1) is 11.3 Å². The van der Waals surface area contributed by atoms with Gasteiger partial charge in [-0.1, -0.05) is 46.8 Å². The van der Waals surface area contributed by atoms with Crippen LogP contribution < -0.4 is 5.32 Å². The largest absolute Gasteiger partial charge is 0.362 e. The van der Waals surface area contributed by atoms with Gasteiger partial charge < -0.3 is 5.32 Å². The van der Waals surface area contributed by atoms with Gasteiger partial charge >= 0.3 is 0 Å². The molecule has 2 aromatic heterocycles. The van der Waals surface area contributed by atoms with Gasteiger partial charge in [0.2, 0.25) is 0 Å². The summed E-state index contributed by atoms with van der Waals surface area (Å²) in [6, 6.07) is 8.87. The second-order valence-corrected chi connectivity index (χ2v) is 7.54. The molecule has 108 valence electrons. The van der Waals surface area contributed by atoms with Crippen molar-refractivity contribution in [3.63, 3.8) is 0 Å². The molecule has 0 aliphatic rings. The van der Waals surface area contributed by atoms with Gasteiger partial charge in [-0.3, -0.25) is 0 Å². The molecule has 2 heterocycles. The Morgan fingerprint density at radius 2 is 1.90 bits per heavy atom. The normalized spacial score (nSPS) is 13.5. The van der Waals surface area contributed by atoms with Crippen LogP contribution in [0.1, 0.15) is 51.1 Å². The molecule has 1 atom stereocenters. The van der Waals surface area contributed by atoms with E-state index in [9.17, 15) is 0 Å². The summed E-state index contributed by atoms with van der Waals surface area (Å²) in [5.41, 5.74) is 1.41. The maximum Gasteiger partial charge on any atom is 0.126 e. The van der Waals surface area contributed by atoms with E-state index in [1.54, 1.807) is 11.3 Å². The molecule has 0 amide bonds. The van der Waals surface area contributed by atoms with Gasteiger partial charge in [0, 0.05) is 11.1 Å². The first kappa shape index (κ1) is 15.0. The fraction of sp³-hybridized carbons (Fsp3) is 0.471. The van der Waals surface area contributed by atoms with Gasteiger partial charge in [0.1, 0.15) is 5.82 Å². The first-order valence-corrected chi connectivity index (χ1v) is 8.02. The number of anilines is 1. The van der Waals surface area contributed by atoms with E-state index in [0.717, 1.165) is 5.82 Å². The molecule has 1 unspecified atom stereocenters. The number of nitrogens with one attached hydrogen (secondary N) is 1. The Balaban J connectivity index is 2.16. The summed E-state index contributed by atoms with van der Waals surface area (Å²) in [7, 11) is 0. The Hall–Kier alpha value is -1.35. The van der Waals surface area contributed by atoms with E-state index >= 15 is 0 Å². The molecular weight excluding hydrogens is 264 g/mol.